The SMILES string of the molecule is COc1ccccc1CN(C)C(=O)c1ccc(NS(C)(=O)=O)cc1Cl. The Morgan fingerprint density at radius 3 is 2.52 bits per heavy atom. The number of methoxy groups -OCH3 is 1. The fraction of sp³-hybridized carbons (Fsp3) is 0.235. The first-order chi connectivity index (χ1) is 11.7. The smallest absolute Gasteiger partial charge is 0.255 e. The van der Waals surface area contributed by atoms with E-state index in [2.05, 4.69) is 4.72 Å². The molecule has 0 bridgehead atoms. The predicted octanol–water partition coefficient (Wildman–Crippen LogP) is 2.99. The van der Waals surface area contributed by atoms with Crippen molar-refractivity contribution in [3.63, 3.8) is 0 Å². The lowest BCUT2D eigenvalue weighted by Gasteiger charge is -2.19. The molecule has 0 saturated heterocycles. The van der Waals surface area contributed by atoms with Crippen molar-refractivity contribution in [1.82, 2.24) is 4.90 Å². The van der Waals surface area contributed by atoms with Crippen molar-refractivity contribution >= 4 is 33.2 Å². The topological polar surface area (TPSA) is 75.7 Å². The summed E-state index contributed by atoms with van der Waals surface area (Å²) in [6.45, 7) is 0.350. The maximum atomic E-state index is 12.6. The van der Waals surface area contributed by atoms with Crippen LogP contribution in [0.25, 0.3) is 0 Å². The summed E-state index contributed by atoms with van der Waals surface area (Å²) in [6, 6.07) is 11.8. The van der Waals surface area contributed by atoms with Crippen molar-refractivity contribution in [3.8, 4) is 5.75 Å². The molecule has 0 radical (unpaired) electrons. The zero-order valence-electron chi connectivity index (χ0n) is 14.1. The van der Waals surface area contributed by atoms with Gasteiger partial charge in [0.15, 0.2) is 0 Å². The molecule has 0 aliphatic rings. The van der Waals surface area contributed by atoms with Crippen molar-refractivity contribution in [2.24, 2.45) is 0 Å². The van der Waals surface area contributed by atoms with Gasteiger partial charge in [-0.2, -0.15) is 0 Å². The van der Waals surface area contributed by atoms with Crippen LogP contribution in [-0.4, -0.2) is 39.6 Å². The van der Waals surface area contributed by atoms with E-state index in [0.29, 0.717) is 18.0 Å². The van der Waals surface area contributed by atoms with E-state index in [9.17, 15) is 13.2 Å². The van der Waals surface area contributed by atoms with Crippen molar-refractivity contribution in [2.45, 2.75) is 6.54 Å². The van der Waals surface area contributed by atoms with Gasteiger partial charge >= 0.3 is 0 Å². The second-order valence-electron chi connectivity index (χ2n) is 5.54. The quantitative estimate of drug-likeness (QED) is 0.833. The molecule has 0 atom stereocenters. The fourth-order valence-corrected chi connectivity index (χ4v) is 3.15. The van der Waals surface area contributed by atoms with Crippen LogP contribution >= 0.6 is 11.6 Å². The Labute approximate surface area is 152 Å². The number of nitrogens with one attached hydrogen (secondary N) is 1. The number of rotatable bonds is 6. The Bertz CT molecular complexity index is 884. The Balaban J connectivity index is 2.19. The Morgan fingerprint density at radius 1 is 1.24 bits per heavy atom. The Kier molecular flexibility index (Phi) is 5.92. The van der Waals surface area contributed by atoms with Gasteiger partial charge in [0.1, 0.15) is 5.75 Å². The van der Waals surface area contributed by atoms with E-state index >= 15 is 0 Å². The number of ether oxygens (including phenoxy) is 1. The van der Waals surface area contributed by atoms with E-state index in [0.717, 1.165) is 11.8 Å². The van der Waals surface area contributed by atoms with Crippen LogP contribution in [0.1, 0.15) is 15.9 Å². The molecule has 2 aromatic carbocycles. The van der Waals surface area contributed by atoms with Crippen molar-refractivity contribution in [2.75, 3.05) is 25.1 Å². The van der Waals surface area contributed by atoms with Gasteiger partial charge in [0.25, 0.3) is 5.91 Å². The number of anilines is 1. The minimum absolute atomic E-state index is 0.172. The molecule has 8 heteroatoms. The summed E-state index contributed by atoms with van der Waals surface area (Å²) in [5, 5.41) is 0.172. The second-order valence-corrected chi connectivity index (χ2v) is 7.70. The second kappa shape index (κ2) is 7.76. The van der Waals surface area contributed by atoms with E-state index in [1.54, 1.807) is 14.2 Å². The molecule has 2 rings (SSSR count). The number of carbonyl (C=O) groups is 1. The molecule has 0 spiro atoms. The van der Waals surface area contributed by atoms with Crippen LogP contribution in [0.4, 0.5) is 5.69 Å². The van der Waals surface area contributed by atoms with Gasteiger partial charge in [-0.05, 0) is 24.3 Å². The number of halogens is 1. The van der Waals surface area contributed by atoms with Gasteiger partial charge in [-0.25, -0.2) is 8.42 Å². The minimum Gasteiger partial charge on any atom is -0.496 e. The third-order valence-corrected chi connectivity index (χ3v) is 4.37. The van der Waals surface area contributed by atoms with Gasteiger partial charge in [-0.1, -0.05) is 29.8 Å². The summed E-state index contributed by atoms with van der Waals surface area (Å²) >= 11 is 6.15. The van der Waals surface area contributed by atoms with Gasteiger partial charge in [0.05, 0.1) is 24.0 Å². The molecule has 6 nitrogen and oxygen atoms in total. The van der Waals surface area contributed by atoms with Crippen molar-refractivity contribution in [1.29, 1.82) is 0 Å². The molecule has 25 heavy (non-hydrogen) atoms. The molecule has 2 aromatic rings. The van der Waals surface area contributed by atoms with Gasteiger partial charge in [-0.15, -0.1) is 0 Å². The highest BCUT2D eigenvalue weighted by molar-refractivity contribution is 7.92. The average molecular weight is 383 g/mol. The summed E-state index contributed by atoms with van der Waals surface area (Å²) in [4.78, 5) is 14.1. The van der Waals surface area contributed by atoms with Crippen LogP contribution in [0.15, 0.2) is 42.5 Å². The van der Waals surface area contributed by atoms with E-state index in [1.165, 1.54) is 23.1 Å². The number of carbonyl (C=O) groups excluding carboxylic acids is 1. The van der Waals surface area contributed by atoms with E-state index in [-0.39, 0.29) is 16.5 Å². The highest BCUT2D eigenvalue weighted by Gasteiger charge is 2.17. The molecule has 0 unspecified atom stereocenters. The van der Waals surface area contributed by atoms with Gasteiger partial charge in [-0.3, -0.25) is 9.52 Å². The molecular weight excluding hydrogens is 364 g/mol. The van der Waals surface area contributed by atoms with Gasteiger partial charge < -0.3 is 9.64 Å². The van der Waals surface area contributed by atoms with Crippen LogP contribution in [0.3, 0.4) is 0 Å². The average Bonchev–Trinajstić information content (AvgIpc) is 2.53. The molecule has 0 aliphatic heterocycles. The van der Waals surface area contributed by atoms with Crippen molar-refractivity contribution < 1.29 is 17.9 Å². The summed E-state index contributed by atoms with van der Waals surface area (Å²) in [7, 11) is -0.175. The maximum absolute atomic E-state index is 12.6. The van der Waals surface area contributed by atoms with Crippen LogP contribution in [0.5, 0.6) is 5.75 Å². The monoisotopic (exact) mass is 382 g/mol. The van der Waals surface area contributed by atoms with Crippen LogP contribution in [0.2, 0.25) is 5.02 Å². The Hall–Kier alpha value is -2.25. The molecular formula is C17H19ClN2O4S. The molecule has 0 heterocycles. The van der Waals surface area contributed by atoms with E-state index in [4.69, 9.17) is 16.3 Å². The third kappa shape index (κ3) is 5.11. The summed E-state index contributed by atoms with van der Waals surface area (Å²) in [5.41, 5.74) is 1.46. The predicted molar refractivity (Wildman–Crippen MR) is 98.7 cm³/mol. The minimum atomic E-state index is -3.41. The molecule has 1 N–H and O–H groups in total. The zero-order chi connectivity index (χ0) is 18.6. The van der Waals surface area contributed by atoms with Gasteiger partial charge in [0, 0.05) is 24.8 Å². The molecule has 134 valence electrons. The number of sulfonamides is 1. The Morgan fingerprint density at radius 2 is 1.92 bits per heavy atom. The van der Waals surface area contributed by atoms with Gasteiger partial charge in [0.2, 0.25) is 10.0 Å². The first kappa shape index (κ1) is 19.1. The highest BCUT2D eigenvalue weighted by atomic mass is 35.5. The fourth-order valence-electron chi connectivity index (χ4n) is 2.33. The summed E-state index contributed by atoms with van der Waals surface area (Å²) in [5.74, 6) is 0.419. The molecule has 0 saturated carbocycles. The van der Waals surface area contributed by atoms with E-state index in [1.807, 2.05) is 24.3 Å². The molecule has 0 aromatic heterocycles. The highest BCUT2D eigenvalue weighted by Crippen LogP contribution is 2.24. The summed E-state index contributed by atoms with van der Waals surface area (Å²) in [6.07, 6.45) is 1.04. The summed E-state index contributed by atoms with van der Waals surface area (Å²) < 4.78 is 30.1. The van der Waals surface area contributed by atoms with Crippen LogP contribution in [0, 0.1) is 0 Å². The number of benzene rings is 2. The number of nitrogens with zero attached hydrogens (tertiary/aromatic N) is 1. The molecule has 0 aliphatic carbocycles. The first-order valence-corrected chi connectivity index (χ1v) is 9.63. The largest absolute Gasteiger partial charge is 0.496 e. The molecule has 1 amide bonds. The number of hydrogen-bond acceptors (Lipinski definition) is 4. The standard InChI is InChI=1S/C17H19ClN2O4S/c1-20(11-12-6-4-5-7-16(12)24-2)17(21)14-9-8-13(10-15(14)18)19-25(3,22)23/h4-10,19H,11H2,1-3H3. The number of amides is 1. The molecule has 0 fully saturated rings. The first-order valence-electron chi connectivity index (χ1n) is 7.36. The lowest BCUT2D eigenvalue weighted by Crippen LogP contribution is -2.26. The van der Waals surface area contributed by atoms with Crippen LogP contribution < -0.4 is 9.46 Å². The lowest BCUT2D eigenvalue weighted by molar-refractivity contribution is 0.0784. The third-order valence-electron chi connectivity index (χ3n) is 3.45. The lowest BCUT2D eigenvalue weighted by atomic mass is 10.1. The zero-order valence-corrected chi connectivity index (χ0v) is 15.7. The number of hydrogen-bond donors (Lipinski definition) is 1. The van der Waals surface area contributed by atoms with Crippen molar-refractivity contribution in [3.05, 3.63) is 58.6 Å². The van der Waals surface area contributed by atoms with E-state index < -0.39 is 10.0 Å². The maximum Gasteiger partial charge on any atom is 0.255 e. The number of para-hydroxylation sites is 1. The van der Waals surface area contributed by atoms with Crippen LogP contribution in [-0.2, 0) is 16.6 Å². The normalized spacial score (nSPS) is 11.0.